The van der Waals surface area contributed by atoms with Crippen LogP contribution in [0.2, 0.25) is 0 Å². The van der Waals surface area contributed by atoms with Crippen molar-refractivity contribution in [3.8, 4) is 0 Å². The number of nitrogens with one attached hydrogen (secondary N) is 1. The second-order valence-electron chi connectivity index (χ2n) is 6.13. The molecule has 1 saturated heterocycles. The highest BCUT2D eigenvalue weighted by Crippen LogP contribution is 2.21. The third-order valence-corrected chi connectivity index (χ3v) is 5.33. The van der Waals surface area contributed by atoms with E-state index in [1.54, 1.807) is 0 Å². The molecule has 1 N–H and O–H groups in total. The molecule has 1 aliphatic rings. The van der Waals surface area contributed by atoms with Gasteiger partial charge in [-0.25, -0.2) is 0 Å². The lowest BCUT2D eigenvalue weighted by Crippen LogP contribution is -2.48. The number of thioether (sulfide) groups is 1. The van der Waals surface area contributed by atoms with Crippen molar-refractivity contribution in [3.63, 3.8) is 0 Å². The van der Waals surface area contributed by atoms with Crippen LogP contribution in [0.25, 0.3) is 0 Å². The first kappa shape index (κ1) is 18.1. The highest BCUT2D eigenvalue weighted by Gasteiger charge is 2.21. The SMILES string of the molecule is CCC1CN(C(=NC)NCCCc2nc(C(C)C)no2)CCS1. The van der Waals surface area contributed by atoms with E-state index in [-0.39, 0.29) is 0 Å². The Bertz CT molecular complexity index is 502. The molecule has 0 amide bonds. The van der Waals surface area contributed by atoms with Gasteiger partial charge in [-0.3, -0.25) is 4.99 Å². The van der Waals surface area contributed by atoms with E-state index in [9.17, 15) is 0 Å². The van der Waals surface area contributed by atoms with E-state index in [0.29, 0.717) is 5.92 Å². The Balaban J connectivity index is 1.73. The van der Waals surface area contributed by atoms with E-state index >= 15 is 0 Å². The van der Waals surface area contributed by atoms with Crippen LogP contribution >= 0.6 is 11.8 Å². The van der Waals surface area contributed by atoms with Crippen molar-refractivity contribution in [1.82, 2.24) is 20.4 Å². The van der Waals surface area contributed by atoms with Crippen LogP contribution in [-0.4, -0.2) is 58.7 Å². The Kier molecular flexibility index (Phi) is 7.20. The van der Waals surface area contributed by atoms with E-state index in [2.05, 4.69) is 57.9 Å². The highest BCUT2D eigenvalue weighted by atomic mass is 32.2. The smallest absolute Gasteiger partial charge is 0.226 e. The van der Waals surface area contributed by atoms with Crippen molar-refractivity contribution in [1.29, 1.82) is 0 Å². The predicted molar refractivity (Wildman–Crippen MR) is 96.2 cm³/mol. The monoisotopic (exact) mass is 339 g/mol. The molecule has 1 fully saturated rings. The lowest BCUT2D eigenvalue weighted by molar-refractivity contribution is 0.367. The number of hydrogen-bond acceptors (Lipinski definition) is 5. The van der Waals surface area contributed by atoms with Gasteiger partial charge in [0.2, 0.25) is 5.89 Å². The van der Waals surface area contributed by atoms with E-state index < -0.39 is 0 Å². The summed E-state index contributed by atoms with van der Waals surface area (Å²) in [5, 5.41) is 8.17. The van der Waals surface area contributed by atoms with E-state index in [1.807, 2.05) is 7.05 Å². The summed E-state index contributed by atoms with van der Waals surface area (Å²) in [6.45, 7) is 9.42. The number of nitrogens with zero attached hydrogens (tertiary/aromatic N) is 4. The second-order valence-corrected chi connectivity index (χ2v) is 7.53. The molecule has 1 aliphatic heterocycles. The summed E-state index contributed by atoms with van der Waals surface area (Å²) >= 11 is 2.07. The average Bonchev–Trinajstić information content (AvgIpc) is 3.04. The molecule has 130 valence electrons. The summed E-state index contributed by atoms with van der Waals surface area (Å²) in [5.74, 6) is 4.02. The summed E-state index contributed by atoms with van der Waals surface area (Å²) in [4.78, 5) is 11.2. The summed E-state index contributed by atoms with van der Waals surface area (Å²) < 4.78 is 5.27. The standard InChI is InChI=1S/C16H29N5OS/c1-5-13-11-21(9-10-23-13)16(17-4)18-8-6-7-14-19-15(12(2)3)20-22-14/h12-13H,5-11H2,1-4H3,(H,17,18). The van der Waals surface area contributed by atoms with Crippen LogP contribution in [0.3, 0.4) is 0 Å². The molecule has 0 aromatic carbocycles. The number of guanidine groups is 1. The molecule has 0 bridgehead atoms. The van der Waals surface area contributed by atoms with Crippen LogP contribution in [-0.2, 0) is 6.42 Å². The van der Waals surface area contributed by atoms with Gasteiger partial charge in [0.1, 0.15) is 0 Å². The number of aliphatic imine (C=N–C) groups is 1. The topological polar surface area (TPSA) is 66.5 Å². The lowest BCUT2D eigenvalue weighted by atomic mass is 10.2. The van der Waals surface area contributed by atoms with Gasteiger partial charge in [0.05, 0.1) is 0 Å². The molecule has 23 heavy (non-hydrogen) atoms. The van der Waals surface area contributed by atoms with Crippen LogP contribution in [0.5, 0.6) is 0 Å². The molecule has 7 heteroatoms. The molecule has 2 heterocycles. The van der Waals surface area contributed by atoms with Gasteiger partial charge < -0.3 is 14.7 Å². The second kappa shape index (κ2) is 9.15. The van der Waals surface area contributed by atoms with Crippen LogP contribution in [0.15, 0.2) is 9.52 Å². The first-order valence-corrected chi connectivity index (χ1v) is 9.58. The molecule has 0 spiro atoms. The van der Waals surface area contributed by atoms with Gasteiger partial charge in [-0.1, -0.05) is 25.9 Å². The Labute approximate surface area is 143 Å². The molecule has 1 unspecified atom stereocenters. The highest BCUT2D eigenvalue weighted by molar-refractivity contribution is 8.00. The molecule has 0 radical (unpaired) electrons. The molecule has 2 rings (SSSR count). The fourth-order valence-electron chi connectivity index (χ4n) is 2.53. The van der Waals surface area contributed by atoms with Gasteiger partial charge in [-0.15, -0.1) is 0 Å². The minimum Gasteiger partial charge on any atom is -0.356 e. The minimum atomic E-state index is 0.313. The van der Waals surface area contributed by atoms with E-state index in [4.69, 9.17) is 4.52 Å². The zero-order valence-electron chi connectivity index (χ0n) is 14.7. The minimum absolute atomic E-state index is 0.313. The normalized spacial score (nSPS) is 19.4. The van der Waals surface area contributed by atoms with Gasteiger partial charge in [0.15, 0.2) is 11.8 Å². The molecular formula is C16H29N5OS. The first-order chi connectivity index (χ1) is 11.1. The summed E-state index contributed by atoms with van der Waals surface area (Å²) in [6, 6.07) is 0. The molecule has 1 aromatic heterocycles. The number of aryl methyl sites for hydroxylation is 1. The largest absolute Gasteiger partial charge is 0.356 e. The number of rotatable bonds is 6. The van der Waals surface area contributed by atoms with Gasteiger partial charge >= 0.3 is 0 Å². The van der Waals surface area contributed by atoms with E-state index in [0.717, 1.165) is 55.4 Å². The first-order valence-electron chi connectivity index (χ1n) is 8.53. The van der Waals surface area contributed by atoms with Gasteiger partial charge in [0, 0.05) is 50.0 Å². The molecule has 0 saturated carbocycles. The fourth-order valence-corrected chi connectivity index (χ4v) is 3.72. The predicted octanol–water partition coefficient (Wildman–Crippen LogP) is 2.53. The van der Waals surface area contributed by atoms with Gasteiger partial charge in [0.25, 0.3) is 0 Å². The summed E-state index contributed by atoms with van der Waals surface area (Å²) in [7, 11) is 1.86. The van der Waals surface area contributed by atoms with Crippen LogP contribution in [0, 0.1) is 0 Å². The third-order valence-electron chi connectivity index (χ3n) is 3.96. The quantitative estimate of drug-likeness (QED) is 0.488. The van der Waals surface area contributed by atoms with Crippen molar-refractivity contribution in [2.24, 2.45) is 4.99 Å². The Morgan fingerprint density at radius 3 is 3.00 bits per heavy atom. The molecule has 0 aliphatic carbocycles. The Hall–Kier alpha value is -1.24. The third kappa shape index (κ3) is 5.41. The van der Waals surface area contributed by atoms with E-state index in [1.165, 1.54) is 12.2 Å². The Morgan fingerprint density at radius 1 is 1.52 bits per heavy atom. The zero-order valence-corrected chi connectivity index (χ0v) is 15.5. The van der Waals surface area contributed by atoms with Crippen LogP contribution in [0.4, 0.5) is 0 Å². The maximum atomic E-state index is 5.27. The Morgan fingerprint density at radius 2 is 2.35 bits per heavy atom. The van der Waals surface area contributed by atoms with Crippen LogP contribution < -0.4 is 5.32 Å². The lowest BCUT2D eigenvalue weighted by Gasteiger charge is -2.34. The zero-order chi connectivity index (χ0) is 16.7. The number of aromatic nitrogens is 2. The number of hydrogen-bond donors (Lipinski definition) is 1. The van der Waals surface area contributed by atoms with Gasteiger partial charge in [-0.05, 0) is 12.8 Å². The van der Waals surface area contributed by atoms with Crippen molar-refractivity contribution >= 4 is 17.7 Å². The molecule has 1 atom stereocenters. The van der Waals surface area contributed by atoms with Crippen molar-refractivity contribution in [3.05, 3.63) is 11.7 Å². The van der Waals surface area contributed by atoms with Crippen molar-refractivity contribution in [2.75, 3.05) is 32.4 Å². The maximum absolute atomic E-state index is 5.27. The summed E-state index contributed by atoms with van der Waals surface area (Å²) in [6.07, 6.45) is 2.98. The maximum Gasteiger partial charge on any atom is 0.226 e. The van der Waals surface area contributed by atoms with Crippen molar-refractivity contribution in [2.45, 2.75) is 51.2 Å². The molecule has 6 nitrogen and oxygen atoms in total. The van der Waals surface area contributed by atoms with Gasteiger partial charge in [-0.2, -0.15) is 16.7 Å². The molecule has 1 aromatic rings. The molecular weight excluding hydrogens is 310 g/mol. The fraction of sp³-hybridized carbons (Fsp3) is 0.812. The summed E-state index contributed by atoms with van der Waals surface area (Å²) in [5.41, 5.74) is 0. The van der Waals surface area contributed by atoms with Crippen molar-refractivity contribution < 1.29 is 4.52 Å². The van der Waals surface area contributed by atoms with Crippen LogP contribution in [0.1, 0.15) is 51.2 Å². The average molecular weight is 340 g/mol.